The molecule has 1 heteroatoms. The third-order valence-electron chi connectivity index (χ3n) is 1.21. The molecule has 0 aliphatic rings. The Bertz CT molecular complexity index is 224. The zero-order chi connectivity index (χ0) is 9.23. The molecule has 0 saturated heterocycles. The average molecular weight is 162 g/mol. The molecule has 0 aromatic heterocycles. The van der Waals surface area contributed by atoms with E-state index in [1.165, 1.54) is 11.6 Å². The van der Waals surface area contributed by atoms with Crippen LogP contribution >= 0.6 is 0 Å². The van der Waals surface area contributed by atoms with Gasteiger partial charge in [0.05, 0.1) is 0 Å². The van der Waals surface area contributed by atoms with E-state index >= 15 is 0 Å². The molecule has 1 nitrogen and oxygen atoms in total. The smallest absolute Gasteiger partial charge is 0.142 e. The van der Waals surface area contributed by atoms with Gasteiger partial charge in [-0.05, 0) is 19.9 Å². The third-order valence-corrected chi connectivity index (χ3v) is 1.21. The van der Waals surface area contributed by atoms with E-state index in [1.807, 2.05) is 18.2 Å². The van der Waals surface area contributed by atoms with E-state index in [9.17, 15) is 4.79 Å². The van der Waals surface area contributed by atoms with Crippen LogP contribution in [0.2, 0.25) is 0 Å². The van der Waals surface area contributed by atoms with Crippen LogP contribution in [0.4, 0.5) is 0 Å². The minimum atomic E-state index is 0.750. The summed E-state index contributed by atoms with van der Waals surface area (Å²) in [6, 6.07) is 10.3. The highest BCUT2D eigenvalue weighted by atomic mass is 16.1. The first kappa shape index (κ1) is 10.6. The van der Waals surface area contributed by atoms with E-state index in [4.69, 9.17) is 0 Å². The van der Waals surface area contributed by atoms with Gasteiger partial charge in [-0.2, -0.15) is 0 Å². The highest BCUT2D eigenvalue weighted by Gasteiger charge is 1.72. The summed E-state index contributed by atoms with van der Waals surface area (Å²) in [4.78, 5) is 9.32. The minimum Gasteiger partial charge on any atom is -0.299 e. The van der Waals surface area contributed by atoms with Crippen LogP contribution in [0.5, 0.6) is 0 Å². The molecule has 0 N–H and O–H groups in total. The summed E-state index contributed by atoms with van der Waals surface area (Å²) in [5.41, 5.74) is 1.32. The van der Waals surface area contributed by atoms with Crippen LogP contribution in [0.15, 0.2) is 42.5 Å². The molecule has 0 unspecified atom stereocenters. The molecule has 12 heavy (non-hydrogen) atoms. The summed E-state index contributed by atoms with van der Waals surface area (Å²) in [5, 5.41) is 0. The van der Waals surface area contributed by atoms with Crippen molar-refractivity contribution in [1.29, 1.82) is 0 Å². The van der Waals surface area contributed by atoms with Crippen molar-refractivity contribution in [3.05, 3.63) is 48.0 Å². The molecule has 0 amide bonds. The molecule has 0 heterocycles. The van der Waals surface area contributed by atoms with Gasteiger partial charge in [-0.25, -0.2) is 0 Å². The molecule has 0 radical (unpaired) electrons. The van der Waals surface area contributed by atoms with Gasteiger partial charge in [-0.15, -0.1) is 0 Å². The molecule has 0 atom stereocenters. The molecule has 1 aromatic rings. The van der Waals surface area contributed by atoms with Gasteiger partial charge >= 0.3 is 0 Å². The van der Waals surface area contributed by atoms with Crippen LogP contribution in [0, 0.1) is 6.92 Å². The first-order valence-corrected chi connectivity index (χ1v) is 3.89. The number of allylic oxidation sites excluding steroid dienone is 2. The summed E-state index contributed by atoms with van der Waals surface area (Å²) in [5.74, 6) is 0. The Morgan fingerprint density at radius 3 is 1.92 bits per heavy atom. The maximum absolute atomic E-state index is 9.32. The van der Waals surface area contributed by atoms with Crippen LogP contribution < -0.4 is 0 Å². The molecule has 1 aromatic carbocycles. The van der Waals surface area contributed by atoms with Gasteiger partial charge in [0, 0.05) is 0 Å². The second-order valence-electron chi connectivity index (χ2n) is 2.32. The van der Waals surface area contributed by atoms with Crippen molar-refractivity contribution in [2.24, 2.45) is 0 Å². The van der Waals surface area contributed by atoms with Crippen molar-refractivity contribution in [1.82, 2.24) is 0 Å². The van der Waals surface area contributed by atoms with E-state index in [0.29, 0.717) is 0 Å². The number of carbonyl (C=O) groups excluding carboxylic acids is 1. The van der Waals surface area contributed by atoms with Crippen LogP contribution in [0.1, 0.15) is 12.5 Å². The van der Waals surface area contributed by atoms with Crippen molar-refractivity contribution < 1.29 is 4.79 Å². The average Bonchev–Trinajstić information content (AvgIpc) is 2.08. The van der Waals surface area contributed by atoms with E-state index in [-0.39, 0.29) is 0 Å². The monoisotopic (exact) mass is 162 g/mol. The SMILES string of the molecule is C/C=C/C=O.Cc1ccccc1. The normalized spacial score (nSPS) is 8.83. The maximum Gasteiger partial charge on any atom is 0.142 e. The molecular formula is C11H14O. The molecule has 1 rings (SSSR count). The largest absolute Gasteiger partial charge is 0.299 e. The second kappa shape index (κ2) is 7.73. The summed E-state index contributed by atoms with van der Waals surface area (Å²) >= 11 is 0. The summed E-state index contributed by atoms with van der Waals surface area (Å²) in [6.45, 7) is 3.88. The van der Waals surface area contributed by atoms with Crippen molar-refractivity contribution in [2.45, 2.75) is 13.8 Å². The molecule has 0 bridgehead atoms. The van der Waals surface area contributed by atoms with E-state index in [0.717, 1.165) is 6.29 Å². The van der Waals surface area contributed by atoms with Gasteiger partial charge in [0.25, 0.3) is 0 Å². The summed E-state index contributed by atoms with van der Waals surface area (Å²) in [7, 11) is 0. The first-order valence-electron chi connectivity index (χ1n) is 3.89. The first-order chi connectivity index (χ1) is 5.81. The highest BCUT2D eigenvalue weighted by Crippen LogP contribution is 1.92. The molecule has 64 valence electrons. The molecule has 0 spiro atoms. The second-order valence-corrected chi connectivity index (χ2v) is 2.32. The van der Waals surface area contributed by atoms with E-state index < -0.39 is 0 Å². The zero-order valence-electron chi connectivity index (χ0n) is 7.53. The maximum atomic E-state index is 9.32. The molecule has 0 aliphatic carbocycles. The van der Waals surface area contributed by atoms with Gasteiger partial charge < -0.3 is 0 Å². The van der Waals surface area contributed by atoms with Crippen molar-refractivity contribution in [2.75, 3.05) is 0 Å². The van der Waals surface area contributed by atoms with Gasteiger partial charge in [-0.1, -0.05) is 42.0 Å². The van der Waals surface area contributed by atoms with Crippen LogP contribution in [-0.4, -0.2) is 6.29 Å². The number of benzene rings is 1. The highest BCUT2D eigenvalue weighted by molar-refractivity contribution is 5.64. The number of aryl methyl sites for hydroxylation is 1. The lowest BCUT2D eigenvalue weighted by atomic mass is 10.2. The molecule has 0 aliphatic heterocycles. The van der Waals surface area contributed by atoms with Crippen molar-refractivity contribution in [3.8, 4) is 0 Å². The van der Waals surface area contributed by atoms with Crippen molar-refractivity contribution >= 4 is 6.29 Å². The minimum absolute atomic E-state index is 0.750. The number of rotatable bonds is 1. The fourth-order valence-electron chi connectivity index (χ4n) is 0.613. The summed E-state index contributed by atoms with van der Waals surface area (Å²) < 4.78 is 0. The van der Waals surface area contributed by atoms with Crippen LogP contribution in [0.25, 0.3) is 0 Å². The Morgan fingerprint density at radius 1 is 1.17 bits per heavy atom. The van der Waals surface area contributed by atoms with Crippen LogP contribution in [-0.2, 0) is 4.79 Å². The lowest BCUT2D eigenvalue weighted by Crippen LogP contribution is -1.62. The molecular weight excluding hydrogens is 148 g/mol. The predicted octanol–water partition coefficient (Wildman–Crippen LogP) is 2.76. The topological polar surface area (TPSA) is 17.1 Å². The number of carbonyl (C=O) groups is 1. The van der Waals surface area contributed by atoms with Gasteiger partial charge in [-0.3, -0.25) is 4.79 Å². The predicted molar refractivity (Wildman–Crippen MR) is 52.1 cm³/mol. The van der Waals surface area contributed by atoms with Crippen molar-refractivity contribution in [3.63, 3.8) is 0 Å². The lowest BCUT2D eigenvalue weighted by molar-refractivity contribution is -0.104. The van der Waals surface area contributed by atoms with Gasteiger partial charge in [0.2, 0.25) is 0 Å². The third kappa shape index (κ3) is 6.75. The number of aldehydes is 1. The zero-order valence-corrected chi connectivity index (χ0v) is 7.53. The Morgan fingerprint density at radius 2 is 1.75 bits per heavy atom. The molecule has 0 saturated carbocycles. The fraction of sp³-hybridized carbons (Fsp3) is 0.182. The Labute approximate surface area is 73.7 Å². The standard InChI is InChI=1S/C7H8.C4H6O/c1-7-5-3-2-4-6-7;1-2-3-4-5/h2-6H,1H3;2-4H,1H3/b;3-2+. The Balaban J connectivity index is 0.000000217. The fourth-order valence-corrected chi connectivity index (χ4v) is 0.613. The Hall–Kier alpha value is -1.37. The Kier molecular flexibility index (Phi) is 6.85. The van der Waals surface area contributed by atoms with Gasteiger partial charge in [0.15, 0.2) is 0 Å². The van der Waals surface area contributed by atoms with Crippen LogP contribution in [0.3, 0.4) is 0 Å². The van der Waals surface area contributed by atoms with Gasteiger partial charge in [0.1, 0.15) is 6.29 Å². The van der Waals surface area contributed by atoms with E-state index in [2.05, 4.69) is 19.1 Å². The quantitative estimate of drug-likeness (QED) is 0.458. The molecule has 0 fully saturated rings. The number of hydrogen-bond donors (Lipinski definition) is 0. The summed E-state index contributed by atoms with van der Waals surface area (Å²) in [6.07, 6.45) is 3.88. The lowest BCUT2D eigenvalue weighted by Gasteiger charge is -1.82. The number of hydrogen-bond acceptors (Lipinski definition) is 1. The van der Waals surface area contributed by atoms with E-state index in [1.54, 1.807) is 13.0 Å².